The van der Waals surface area contributed by atoms with Crippen molar-refractivity contribution in [2.75, 3.05) is 38.1 Å². The van der Waals surface area contributed by atoms with Crippen molar-refractivity contribution >= 4 is 15.7 Å². The molecule has 1 aliphatic heterocycles. The predicted molar refractivity (Wildman–Crippen MR) is 127 cm³/mol. The maximum atomic E-state index is 14.1. The summed E-state index contributed by atoms with van der Waals surface area (Å²) < 4.78 is 63.3. The lowest BCUT2D eigenvalue weighted by atomic mass is 10.2. The summed E-state index contributed by atoms with van der Waals surface area (Å²) in [6.07, 6.45) is 0. The summed E-state index contributed by atoms with van der Waals surface area (Å²) >= 11 is 0. The van der Waals surface area contributed by atoms with E-state index in [4.69, 9.17) is 4.74 Å². The van der Waals surface area contributed by atoms with Gasteiger partial charge in [0.2, 0.25) is 10.0 Å². The highest BCUT2D eigenvalue weighted by atomic mass is 32.2. The van der Waals surface area contributed by atoms with Gasteiger partial charge in [-0.3, -0.25) is 4.57 Å². The number of nitrogens with zero attached hydrogens (tertiary/aromatic N) is 5. The number of sulfonamides is 1. The van der Waals surface area contributed by atoms with Crippen LogP contribution in [0.3, 0.4) is 0 Å². The Morgan fingerprint density at radius 2 is 1.71 bits per heavy atom. The van der Waals surface area contributed by atoms with Gasteiger partial charge in [-0.15, -0.1) is 5.10 Å². The van der Waals surface area contributed by atoms with E-state index in [-0.39, 0.29) is 11.8 Å². The monoisotopic (exact) mass is 506 g/mol. The Kier molecular flexibility index (Phi) is 7.33. The lowest BCUT2D eigenvalue weighted by Gasteiger charge is -2.34. The molecule has 0 radical (unpaired) electrons. The number of nitrogens with one attached hydrogen (secondary N) is 1. The van der Waals surface area contributed by atoms with E-state index in [9.17, 15) is 17.2 Å². The number of likely N-dealkylation sites (N-methyl/N-ethyl adjacent to an activating group) is 1. The fraction of sp³-hybridized carbons (Fsp3) is 0.391. The van der Waals surface area contributed by atoms with Gasteiger partial charge in [0.25, 0.3) is 0 Å². The molecule has 35 heavy (non-hydrogen) atoms. The van der Waals surface area contributed by atoms with Gasteiger partial charge in [-0.2, -0.15) is 0 Å². The quantitative estimate of drug-likeness (QED) is 0.502. The van der Waals surface area contributed by atoms with Crippen molar-refractivity contribution in [3.05, 3.63) is 59.9 Å². The first-order valence-corrected chi connectivity index (χ1v) is 12.8. The number of rotatable bonds is 8. The van der Waals surface area contributed by atoms with Gasteiger partial charge in [0, 0.05) is 44.5 Å². The molecular weight excluding hydrogens is 478 g/mol. The largest absolute Gasteiger partial charge is 0.424 e. The Morgan fingerprint density at radius 1 is 1.06 bits per heavy atom. The van der Waals surface area contributed by atoms with Crippen LogP contribution in [0, 0.1) is 11.6 Å². The van der Waals surface area contributed by atoms with E-state index in [0.717, 1.165) is 50.1 Å². The van der Waals surface area contributed by atoms with Gasteiger partial charge < -0.3 is 14.5 Å². The molecule has 1 aliphatic rings. The van der Waals surface area contributed by atoms with Gasteiger partial charge in [0.15, 0.2) is 10.7 Å². The van der Waals surface area contributed by atoms with Crippen LogP contribution in [0.5, 0.6) is 11.8 Å². The van der Waals surface area contributed by atoms with Crippen LogP contribution in [0.2, 0.25) is 0 Å². The molecule has 1 atom stereocenters. The standard InChI is InChI=1S/C23H28F2N6O3S/c1-4-31-22(16(2)28-35(32,33)21-19(24)9-6-10-20(21)25)26-27-23(31)34-18-8-5-7-17(15-18)30-13-11-29(3)12-14-30/h5-10,15-16,28H,4,11-14H2,1-3H3/t16-/m1/s1. The average Bonchev–Trinajstić information content (AvgIpc) is 3.22. The molecule has 1 fully saturated rings. The second-order valence-corrected chi connectivity index (χ2v) is 10.0. The lowest BCUT2D eigenvalue weighted by molar-refractivity contribution is 0.312. The van der Waals surface area contributed by atoms with Crippen LogP contribution >= 0.6 is 0 Å². The molecule has 0 spiro atoms. The van der Waals surface area contributed by atoms with Crippen LogP contribution in [0.25, 0.3) is 0 Å². The topological polar surface area (TPSA) is 92.6 Å². The van der Waals surface area contributed by atoms with E-state index in [2.05, 4.69) is 31.8 Å². The van der Waals surface area contributed by atoms with Crippen molar-refractivity contribution in [2.24, 2.45) is 0 Å². The summed E-state index contributed by atoms with van der Waals surface area (Å²) in [6, 6.07) is 9.78. The third kappa shape index (κ3) is 5.44. The molecule has 2 aromatic carbocycles. The molecule has 1 saturated heterocycles. The first-order valence-electron chi connectivity index (χ1n) is 11.3. The molecule has 188 valence electrons. The molecule has 0 aliphatic carbocycles. The Balaban J connectivity index is 1.53. The number of ether oxygens (including phenoxy) is 1. The minimum Gasteiger partial charge on any atom is -0.424 e. The molecule has 0 amide bonds. The SMILES string of the molecule is CCn1c(Oc2cccc(N3CCN(C)CC3)c2)nnc1[C@@H](C)NS(=O)(=O)c1c(F)cccc1F. The van der Waals surface area contributed by atoms with Crippen molar-refractivity contribution in [3.8, 4) is 11.8 Å². The van der Waals surface area contributed by atoms with Gasteiger partial charge in [-0.1, -0.05) is 17.2 Å². The summed E-state index contributed by atoms with van der Waals surface area (Å²) in [5.74, 6) is -1.54. The molecule has 2 heterocycles. The number of anilines is 1. The van der Waals surface area contributed by atoms with Crippen LogP contribution in [-0.4, -0.2) is 61.3 Å². The maximum Gasteiger partial charge on any atom is 0.322 e. The van der Waals surface area contributed by atoms with E-state index in [1.165, 1.54) is 6.92 Å². The molecule has 3 aromatic rings. The predicted octanol–water partition coefficient (Wildman–Crippen LogP) is 3.16. The van der Waals surface area contributed by atoms with Crippen molar-refractivity contribution in [2.45, 2.75) is 31.3 Å². The normalized spacial score (nSPS) is 15.9. The second kappa shape index (κ2) is 10.3. The second-order valence-electron chi connectivity index (χ2n) is 8.37. The van der Waals surface area contributed by atoms with Crippen LogP contribution in [0.15, 0.2) is 47.4 Å². The zero-order valence-electron chi connectivity index (χ0n) is 19.8. The highest BCUT2D eigenvalue weighted by molar-refractivity contribution is 7.89. The van der Waals surface area contributed by atoms with E-state index in [1.54, 1.807) is 10.6 Å². The fourth-order valence-corrected chi connectivity index (χ4v) is 5.33. The van der Waals surface area contributed by atoms with E-state index in [1.807, 2.05) is 25.1 Å². The molecule has 0 saturated carbocycles. The molecule has 0 bridgehead atoms. The molecule has 1 aromatic heterocycles. The number of piperazine rings is 1. The summed E-state index contributed by atoms with van der Waals surface area (Å²) in [6.45, 7) is 7.51. The first-order chi connectivity index (χ1) is 16.7. The summed E-state index contributed by atoms with van der Waals surface area (Å²) in [7, 11) is -2.40. The zero-order chi connectivity index (χ0) is 25.2. The number of halogens is 2. The third-order valence-corrected chi connectivity index (χ3v) is 7.46. The maximum absolute atomic E-state index is 14.1. The highest BCUT2D eigenvalue weighted by Gasteiger charge is 2.28. The Morgan fingerprint density at radius 3 is 2.37 bits per heavy atom. The number of aromatic nitrogens is 3. The smallest absolute Gasteiger partial charge is 0.322 e. The summed E-state index contributed by atoms with van der Waals surface area (Å²) in [5, 5.41) is 8.16. The van der Waals surface area contributed by atoms with Gasteiger partial charge in [0.05, 0.1) is 6.04 Å². The van der Waals surface area contributed by atoms with Crippen LogP contribution < -0.4 is 14.4 Å². The van der Waals surface area contributed by atoms with Crippen molar-refractivity contribution in [1.82, 2.24) is 24.4 Å². The Labute approximate surface area is 203 Å². The molecular formula is C23H28F2N6O3S. The molecule has 0 unspecified atom stereocenters. The molecule has 9 nitrogen and oxygen atoms in total. The third-order valence-electron chi connectivity index (χ3n) is 5.86. The average molecular weight is 507 g/mol. The Bertz CT molecular complexity index is 1270. The van der Waals surface area contributed by atoms with Crippen molar-refractivity contribution < 1.29 is 21.9 Å². The van der Waals surface area contributed by atoms with Crippen molar-refractivity contribution in [3.63, 3.8) is 0 Å². The fourth-order valence-electron chi connectivity index (χ4n) is 3.99. The highest BCUT2D eigenvalue weighted by Crippen LogP contribution is 2.28. The van der Waals surface area contributed by atoms with Crippen LogP contribution in [0.4, 0.5) is 14.5 Å². The first kappa shape index (κ1) is 25.0. The van der Waals surface area contributed by atoms with Gasteiger partial charge >= 0.3 is 6.01 Å². The molecule has 4 rings (SSSR count). The minimum absolute atomic E-state index is 0.182. The van der Waals surface area contributed by atoms with Crippen molar-refractivity contribution in [1.29, 1.82) is 0 Å². The Hall–Kier alpha value is -3.09. The van der Waals surface area contributed by atoms with Gasteiger partial charge in [-0.25, -0.2) is 21.9 Å². The number of benzene rings is 2. The molecule has 1 N–H and O–H groups in total. The zero-order valence-corrected chi connectivity index (χ0v) is 20.6. The minimum atomic E-state index is -4.50. The van der Waals surface area contributed by atoms with E-state index in [0.29, 0.717) is 12.3 Å². The van der Waals surface area contributed by atoms with E-state index < -0.39 is 32.6 Å². The number of hydrogen-bond donors (Lipinski definition) is 1. The number of hydrogen-bond acceptors (Lipinski definition) is 7. The summed E-state index contributed by atoms with van der Waals surface area (Å²) in [4.78, 5) is 3.52. The molecule has 12 heteroatoms. The summed E-state index contributed by atoms with van der Waals surface area (Å²) in [5.41, 5.74) is 1.03. The van der Waals surface area contributed by atoms with Crippen LogP contribution in [-0.2, 0) is 16.6 Å². The van der Waals surface area contributed by atoms with Gasteiger partial charge in [-0.05, 0) is 45.2 Å². The van der Waals surface area contributed by atoms with Crippen LogP contribution in [0.1, 0.15) is 25.7 Å². The lowest BCUT2D eigenvalue weighted by Crippen LogP contribution is -2.44. The van der Waals surface area contributed by atoms with Gasteiger partial charge in [0.1, 0.15) is 17.4 Å². The van der Waals surface area contributed by atoms with E-state index >= 15 is 0 Å².